The highest BCUT2D eigenvalue weighted by Gasteiger charge is 2.44. The summed E-state index contributed by atoms with van der Waals surface area (Å²) < 4.78 is 11.0. The predicted molar refractivity (Wildman–Crippen MR) is 104 cm³/mol. The van der Waals surface area contributed by atoms with E-state index in [2.05, 4.69) is 32.1 Å². The number of nitrogens with one attached hydrogen (secondary N) is 3. The molecule has 4 atom stereocenters. The molecule has 0 radical (unpaired) electrons. The zero-order valence-corrected chi connectivity index (χ0v) is 17.2. The number of fused-ring (bicyclic) bond motifs is 1. The molecule has 1 saturated heterocycles. The van der Waals surface area contributed by atoms with Gasteiger partial charge in [0.25, 0.3) is 0 Å². The summed E-state index contributed by atoms with van der Waals surface area (Å²) in [6.07, 6.45) is 3.69. The fourth-order valence-electron chi connectivity index (χ4n) is 3.97. The molecule has 1 aromatic carbocycles. The highest BCUT2D eigenvalue weighted by molar-refractivity contribution is 9.10. The molecule has 2 aliphatic rings. The van der Waals surface area contributed by atoms with Crippen molar-refractivity contribution in [2.24, 2.45) is 5.92 Å². The first-order chi connectivity index (χ1) is 13.0. The summed E-state index contributed by atoms with van der Waals surface area (Å²) in [6, 6.07) is 5.84. The molecule has 2 fully saturated rings. The number of benzene rings is 1. The second kappa shape index (κ2) is 9.03. The Balaban J connectivity index is 1.49. The van der Waals surface area contributed by atoms with E-state index >= 15 is 0 Å². The van der Waals surface area contributed by atoms with Crippen molar-refractivity contribution in [3.8, 4) is 5.75 Å². The molecule has 3 rings (SSSR count). The van der Waals surface area contributed by atoms with Crippen LogP contribution in [-0.2, 0) is 20.7 Å². The Kier molecular flexibility index (Phi) is 6.73. The summed E-state index contributed by atoms with van der Waals surface area (Å²) in [5, 5.41) is 3.13. The third-order valence-corrected chi connectivity index (χ3v) is 6.05. The first kappa shape index (κ1) is 20.1. The number of aryl methyl sites for hydroxylation is 1. The van der Waals surface area contributed by atoms with Gasteiger partial charge in [-0.05, 0) is 59.3 Å². The maximum atomic E-state index is 12.4. The van der Waals surface area contributed by atoms with Crippen molar-refractivity contribution in [2.45, 2.75) is 50.2 Å². The van der Waals surface area contributed by atoms with E-state index in [1.165, 1.54) is 7.11 Å². The highest BCUT2D eigenvalue weighted by Crippen LogP contribution is 2.31. The minimum atomic E-state index is -0.351. The molecule has 7 nitrogen and oxygen atoms in total. The summed E-state index contributed by atoms with van der Waals surface area (Å²) >= 11 is 3.47. The van der Waals surface area contributed by atoms with Crippen molar-refractivity contribution < 1.29 is 19.1 Å². The van der Waals surface area contributed by atoms with Crippen molar-refractivity contribution in [3.05, 3.63) is 28.2 Å². The average Bonchev–Trinajstić information content (AvgIpc) is 3.09. The van der Waals surface area contributed by atoms with Crippen LogP contribution < -0.4 is 20.9 Å². The van der Waals surface area contributed by atoms with Gasteiger partial charge in [-0.15, -0.1) is 0 Å². The number of halogens is 1. The molecule has 148 valence electrons. The smallest absolute Gasteiger partial charge is 0.324 e. The zero-order valence-electron chi connectivity index (χ0n) is 15.6. The number of carbonyl (C=O) groups is 2. The van der Waals surface area contributed by atoms with Gasteiger partial charge >= 0.3 is 5.97 Å². The summed E-state index contributed by atoms with van der Waals surface area (Å²) in [7, 11) is 3.03. The third kappa shape index (κ3) is 4.80. The number of hydrogen-bond donors (Lipinski definition) is 3. The second-order valence-electron chi connectivity index (χ2n) is 7.11. The maximum Gasteiger partial charge on any atom is 0.324 e. The average molecular weight is 440 g/mol. The number of hydrogen-bond acceptors (Lipinski definition) is 6. The topological polar surface area (TPSA) is 88.7 Å². The van der Waals surface area contributed by atoms with Crippen LogP contribution in [0, 0.1) is 5.92 Å². The quantitative estimate of drug-likeness (QED) is 0.584. The van der Waals surface area contributed by atoms with E-state index in [0.29, 0.717) is 12.8 Å². The van der Waals surface area contributed by atoms with Gasteiger partial charge in [0.15, 0.2) is 0 Å². The number of ether oxygens (including phenoxy) is 2. The zero-order chi connectivity index (χ0) is 19.4. The molecule has 8 heteroatoms. The largest absolute Gasteiger partial charge is 0.496 e. The van der Waals surface area contributed by atoms with E-state index in [4.69, 9.17) is 9.47 Å². The number of rotatable bonds is 6. The molecule has 0 spiro atoms. The lowest BCUT2D eigenvalue weighted by molar-refractivity contribution is -0.144. The lowest BCUT2D eigenvalue weighted by atomic mass is 9.79. The van der Waals surface area contributed by atoms with Crippen molar-refractivity contribution in [3.63, 3.8) is 0 Å². The first-order valence-electron chi connectivity index (χ1n) is 9.22. The van der Waals surface area contributed by atoms with Crippen LogP contribution in [0.2, 0.25) is 0 Å². The van der Waals surface area contributed by atoms with Crippen molar-refractivity contribution in [1.29, 1.82) is 0 Å². The van der Waals surface area contributed by atoms with Crippen LogP contribution in [0.25, 0.3) is 0 Å². The van der Waals surface area contributed by atoms with Gasteiger partial charge in [0, 0.05) is 24.4 Å². The van der Waals surface area contributed by atoms with Crippen molar-refractivity contribution >= 4 is 27.8 Å². The Morgan fingerprint density at radius 2 is 2.07 bits per heavy atom. The molecule has 1 aromatic rings. The normalized spacial score (nSPS) is 26.9. The van der Waals surface area contributed by atoms with E-state index in [-0.39, 0.29) is 35.9 Å². The van der Waals surface area contributed by atoms with E-state index in [0.717, 1.165) is 35.0 Å². The summed E-state index contributed by atoms with van der Waals surface area (Å²) in [5.74, 6) is 0.693. The van der Waals surface area contributed by atoms with Crippen LogP contribution in [0.4, 0.5) is 0 Å². The molecule has 1 amide bonds. The monoisotopic (exact) mass is 439 g/mol. The molecule has 3 N–H and O–H groups in total. The van der Waals surface area contributed by atoms with Crippen LogP contribution >= 0.6 is 15.9 Å². The van der Waals surface area contributed by atoms with Crippen LogP contribution in [0.5, 0.6) is 5.75 Å². The van der Waals surface area contributed by atoms with Gasteiger partial charge in [-0.3, -0.25) is 15.0 Å². The van der Waals surface area contributed by atoms with E-state index < -0.39 is 0 Å². The Bertz CT molecular complexity index is 700. The number of methoxy groups -OCH3 is 2. The number of esters is 1. The molecule has 27 heavy (non-hydrogen) atoms. The standard InChI is InChI=1S/C19H26BrN3O4/c1-26-16-7-3-11(9-14(16)20)4-8-17(24)21-12-5-6-15-13(10-12)18(23-22-15)19(25)27-2/h3,7,9,12-13,15,18,22-23H,4-6,8,10H2,1-2H3,(H,21,24). The molecular formula is C19H26BrN3O4. The van der Waals surface area contributed by atoms with Gasteiger partial charge in [-0.1, -0.05) is 6.07 Å². The lowest BCUT2D eigenvalue weighted by Crippen LogP contribution is -2.46. The third-order valence-electron chi connectivity index (χ3n) is 5.43. The van der Waals surface area contributed by atoms with Crippen LogP contribution in [0.3, 0.4) is 0 Å². The SMILES string of the molecule is COC(=O)C1NNC2CCC(NC(=O)CCc3ccc(OC)c(Br)c3)CC21. The van der Waals surface area contributed by atoms with Gasteiger partial charge in [-0.2, -0.15) is 0 Å². The van der Waals surface area contributed by atoms with Gasteiger partial charge in [0.05, 0.1) is 18.7 Å². The molecule has 1 heterocycles. The van der Waals surface area contributed by atoms with Gasteiger partial charge < -0.3 is 14.8 Å². The molecule has 0 aromatic heterocycles. The lowest BCUT2D eigenvalue weighted by Gasteiger charge is -2.32. The van der Waals surface area contributed by atoms with Crippen LogP contribution in [0.1, 0.15) is 31.2 Å². The molecule has 4 unspecified atom stereocenters. The molecule has 1 aliphatic carbocycles. The molecular weight excluding hydrogens is 414 g/mol. The number of amides is 1. The van der Waals surface area contributed by atoms with Gasteiger partial charge in [0.1, 0.15) is 11.8 Å². The Morgan fingerprint density at radius 3 is 2.78 bits per heavy atom. The fourth-order valence-corrected chi connectivity index (χ4v) is 4.56. The summed E-state index contributed by atoms with van der Waals surface area (Å²) in [6.45, 7) is 0. The van der Waals surface area contributed by atoms with Crippen molar-refractivity contribution in [1.82, 2.24) is 16.2 Å². The Hall–Kier alpha value is -1.64. The second-order valence-corrected chi connectivity index (χ2v) is 7.96. The minimum Gasteiger partial charge on any atom is -0.496 e. The van der Waals surface area contributed by atoms with Gasteiger partial charge in [-0.25, -0.2) is 5.43 Å². The van der Waals surface area contributed by atoms with Crippen molar-refractivity contribution in [2.75, 3.05) is 14.2 Å². The number of hydrazine groups is 1. The minimum absolute atomic E-state index is 0.0407. The summed E-state index contributed by atoms with van der Waals surface area (Å²) in [4.78, 5) is 24.3. The van der Waals surface area contributed by atoms with Gasteiger partial charge in [0.2, 0.25) is 5.91 Å². The fraction of sp³-hybridized carbons (Fsp3) is 0.579. The first-order valence-corrected chi connectivity index (χ1v) is 10.0. The number of carbonyl (C=O) groups excluding carboxylic acids is 2. The van der Waals surface area contributed by atoms with Crippen LogP contribution in [0.15, 0.2) is 22.7 Å². The molecule has 0 bridgehead atoms. The van der Waals surface area contributed by atoms with E-state index in [1.807, 2.05) is 18.2 Å². The molecule has 1 saturated carbocycles. The van der Waals surface area contributed by atoms with Crippen LogP contribution in [-0.4, -0.2) is 44.2 Å². The highest BCUT2D eigenvalue weighted by atomic mass is 79.9. The van der Waals surface area contributed by atoms with E-state index in [1.54, 1.807) is 7.11 Å². The van der Waals surface area contributed by atoms with E-state index in [9.17, 15) is 9.59 Å². The maximum absolute atomic E-state index is 12.4. The summed E-state index contributed by atoms with van der Waals surface area (Å²) in [5.41, 5.74) is 7.29. The molecule has 1 aliphatic heterocycles. The Morgan fingerprint density at radius 1 is 1.26 bits per heavy atom. The Labute approximate surface area is 167 Å². The predicted octanol–water partition coefficient (Wildman–Crippen LogP) is 1.69.